The summed E-state index contributed by atoms with van der Waals surface area (Å²) in [4.78, 5) is 14.0. The second-order valence-corrected chi connectivity index (χ2v) is 17.9. The molecule has 2 N–H and O–H groups in total. The van der Waals surface area contributed by atoms with Crippen molar-refractivity contribution in [1.29, 1.82) is 0 Å². The number of amides is 1. The quantitative estimate of drug-likeness (QED) is 0.213. The van der Waals surface area contributed by atoms with Crippen LogP contribution in [0.1, 0.15) is 52.0 Å². The molecule has 2 saturated heterocycles. The largest absolute Gasteiger partial charge is 0.530 e. The number of carbonyl (C=O) groups excluding carboxylic acids is 1. The fourth-order valence-electron chi connectivity index (χ4n) is 6.90. The van der Waals surface area contributed by atoms with Crippen molar-refractivity contribution < 1.29 is 50.8 Å². The molecule has 0 radical (unpaired) electrons. The highest BCUT2D eigenvalue weighted by atomic mass is 32.2. The van der Waals surface area contributed by atoms with Crippen LogP contribution >= 0.6 is 0 Å². The summed E-state index contributed by atoms with van der Waals surface area (Å²) < 4.78 is 78.5. The summed E-state index contributed by atoms with van der Waals surface area (Å²) in [6.07, 6.45) is -1.14. The molecule has 3 aliphatic rings. The fourth-order valence-corrected chi connectivity index (χ4v) is 9.22. The van der Waals surface area contributed by atoms with Crippen LogP contribution in [0, 0.1) is 11.3 Å². The maximum absolute atomic E-state index is 14.4. The van der Waals surface area contributed by atoms with Gasteiger partial charge in [-0.1, -0.05) is 50.6 Å². The lowest BCUT2D eigenvalue weighted by Gasteiger charge is -2.43. The number of nitrogens with zero attached hydrogens (tertiary/aromatic N) is 2. The highest BCUT2D eigenvalue weighted by Gasteiger charge is 2.47. The summed E-state index contributed by atoms with van der Waals surface area (Å²) in [5.74, 6) is 0.416. The zero-order valence-corrected chi connectivity index (χ0v) is 30.4. The molecule has 3 aliphatic heterocycles. The molecule has 16 heteroatoms. The number of hydrogen-bond acceptors (Lipinski definition) is 11. The van der Waals surface area contributed by atoms with Crippen LogP contribution in [-0.4, -0.2) is 107 Å². The summed E-state index contributed by atoms with van der Waals surface area (Å²) in [7, 11) is -7.60. The summed E-state index contributed by atoms with van der Waals surface area (Å²) >= 11 is 0. The number of hydrogen-bond donors (Lipinski definition) is 2. The number of fused-ring (bicyclic) bond motifs is 2. The van der Waals surface area contributed by atoms with E-state index in [0.29, 0.717) is 38.0 Å². The van der Waals surface area contributed by atoms with E-state index in [0.717, 1.165) is 10.5 Å². The lowest BCUT2D eigenvalue weighted by atomic mass is 9.87. The first-order valence-corrected chi connectivity index (χ1v) is 20.1. The van der Waals surface area contributed by atoms with E-state index in [9.17, 15) is 31.8 Å². The Kier molecular flexibility index (Phi) is 12.3. The standard InChI is InChI=1S/C34H49N3O11S2/c1-4-49(41,42)35-16-9-8-15-34(2,3)22-36(50(43,44)25-12-13-30-31(19-25)48-23-47-30)20-29(38)27(18-24-10-6-5-7-11-24)37(33(39)40)28-21-46-32-26(28)14-17-45-32/h5-7,10-13,19,26-29,32,35,38H,4,8-9,14-18,20-23H2,1-3H3,(H,39,40)/p-1/t26-,27-,28-,29+,32+/m0/s1. The van der Waals surface area contributed by atoms with Crippen molar-refractivity contribution >= 4 is 26.1 Å². The smallest absolute Gasteiger partial charge is 0.243 e. The number of unbranched alkanes of at least 4 members (excludes halogenated alkanes) is 1. The monoisotopic (exact) mass is 738 g/mol. The highest BCUT2D eigenvalue weighted by molar-refractivity contribution is 7.89. The van der Waals surface area contributed by atoms with Gasteiger partial charge in [-0.25, -0.2) is 21.6 Å². The number of sulfonamides is 2. The Morgan fingerprint density at radius 2 is 1.80 bits per heavy atom. The van der Waals surface area contributed by atoms with Crippen molar-refractivity contribution in [2.24, 2.45) is 11.3 Å². The molecule has 0 bridgehead atoms. The number of benzene rings is 2. The van der Waals surface area contributed by atoms with Crippen LogP contribution < -0.4 is 19.3 Å². The topological polar surface area (TPSA) is 184 Å². The third kappa shape index (κ3) is 9.26. The van der Waals surface area contributed by atoms with Crippen molar-refractivity contribution in [3.63, 3.8) is 0 Å². The minimum Gasteiger partial charge on any atom is -0.530 e. The molecule has 0 unspecified atom stereocenters. The van der Waals surface area contributed by atoms with Gasteiger partial charge in [0, 0.05) is 31.6 Å². The molecular formula is C34H48N3O11S2-. The molecule has 3 heterocycles. The molecule has 5 atom stereocenters. The van der Waals surface area contributed by atoms with Gasteiger partial charge in [-0.3, -0.25) is 0 Å². The van der Waals surface area contributed by atoms with Gasteiger partial charge in [0.1, 0.15) is 6.09 Å². The number of carboxylic acid groups (broad SMARTS) is 1. The zero-order chi connectivity index (χ0) is 36.1. The van der Waals surface area contributed by atoms with Gasteiger partial charge < -0.3 is 38.9 Å². The van der Waals surface area contributed by atoms with Gasteiger partial charge in [-0.05, 0) is 55.7 Å². The van der Waals surface area contributed by atoms with Crippen LogP contribution in [0.2, 0.25) is 0 Å². The SMILES string of the molecule is CCS(=O)(=O)NCCCCC(C)(C)CN(C[C@@H](O)[C@H](Cc1ccccc1)N(C(=O)[O-])[C@H]1CO[C@H]2OCC[C@H]21)S(=O)(=O)c1ccc2c(c1)OCO2. The number of carbonyl (C=O) groups is 1. The molecule has 5 rings (SSSR count). The van der Waals surface area contributed by atoms with E-state index in [1.807, 2.05) is 44.2 Å². The molecule has 14 nitrogen and oxygen atoms in total. The van der Waals surface area contributed by atoms with E-state index in [4.69, 9.17) is 18.9 Å². The molecule has 2 aromatic rings. The van der Waals surface area contributed by atoms with Crippen LogP contribution in [0.3, 0.4) is 0 Å². The first-order valence-electron chi connectivity index (χ1n) is 17.0. The molecule has 2 aromatic carbocycles. The first kappa shape index (κ1) is 38.2. The van der Waals surface area contributed by atoms with E-state index in [1.165, 1.54) is 22.5 Å². The number of nitrogens with one attached hydrogen (secondary N) is 1. The van der Waals surface area contributed by atoms with Gasteiger partial charge >= 0.3 is 0 Å². The minimum absolute atomic E-state index is 0.0169. The van der Waals surface area contributed by atoms with Crippen LogP contribution in [-0.2, 0) is 35.9 Å². The van der Waals surface area contributed by atoms with Crippen LogP contribution in [0.4, 0.5) is 4.79 Å². The molecule has 1 amide bonds. The summed E-state index contributed by atoms with van der Waals surface area (Å²) in [5.41, 5.74) is 0.133. The Hall–Kier alpha value is -2.99. The Bertz CT molecular complexity index is 1670. The Morgan fingerprint density at radius 1 is 1.06 bits per heavy atom. The summed E-state index contributed by atoms with van der Waals surface area (Å²) in [6.45, 7) is 5.63. The van der Waals surface area contributed by atoms with E-state index >= 15 is 0 Å². The number of aliphatic hydroxyl groups is 1. The van der Waals surface area contributed by atoms with Crippen molar-refractivity contribution in [2.75, 3.05) is 45.4 Å². The van der Waals surface area contributed by atoms with Gasteiger partial charge in [-0.2, -0.15) is 4.31 Å². The molecule has 50 heavy (non-hydrogen) atoms. The summed E-state index contributed by atoms with van der Waals surface area (Å²) in [6, 6.07) is 11.7. The number of rotatable bonds is 18. The van der Waals surface area contributed by atoms with Crippen LogP contribution in [0.25, 0.3) is 0 Å². The zero-order valence-electron chi connectivity index (χ0n) is 28.7. The summed E-state index contributed by atoms with van der Waals surface area (Å²) in [5, 5.41) is 25.0. The van der Waals surface area contributed by atoms with Gasteiger partial charge in [0.15, 0.2) is 17.8 Å². The number of aliphatic hydroxyl groups excluding tert-OH is 1. The highest BCUT2D eigenvalue weighted by Crippen LogP contribution is 2.38. The van der Waals surface area contributed by atoms with Gasteiger partial charge in [0.05, 0.1) is 42.0 Å². The van der Waals surface area contributed by atoms with E-state index in [-0.39, 0.29) is 55.2 Å². The van der Waals surface area contributed by atoms with Gasteiger partial charge in [0.2, 0.25) is 26.8 Å². The maximum atomic E-state index is 14.4. The third-order valence-electron chi connectivity index (χ3n) is 9.62. The normalized spacial score (nSPS) is 21.7. The second-order valence-electron chi connectivity index (χ2n) is 13.8. The molecule has 278 valence electrons. The Labute approximate surface area is 294 Å². The van der Waals surface area contributed by atoms with E-state index in [2.05, 4.69) is 4.72 Å². The van der Waals surface area contributed by atoms with E-state index < -0.39 is 62.6 Å². The lowest BCUT2D eigenvalue weighted by Crippen LogP contribution is -2.61. The molecule has 0 spiro atoms. The van der Waals surface area contributed by atoms with Crippen molar-refractivity contribution in [3.8, 4) is 11.5 Å². The molecular weight excluding hydrogens is 691 g/mol. The third-order valence-corrected chi connectivity index (χ3v) is 12.8. The predicted octanol–water partition coefficient (Wildman–Crippen LogP) is 1.92. The molecule has 0 saturated carbocycles. The van der Waals surface area contributed by atoms with Crippen LogP contribution in [0.5, 0.6) is 11.5 Å². The molecule has 2 fully saturated rings. The Balaban J connectivity index is 1.43. The number of ether oxygens (including phenoxy) is 4. The first-order chi connectivity index (χ1) is 23.7. The van der Waals surface area contributed by atoms with Crippen molar-refractivity contribution in [1.82, 2.24) is 13.9 Å². The Morgan fingerprint density at radius 3 is 2.52 bits per heavy atom. The molecule has 0 aliphatic carbocycles. The molecule has 0 aromatic heterocycles. The van der Waals surface area contributed by atoms with Gasteiger partial charge in [0.25, 0.3) is 0 Å². The van der Waals surface area contributed by atoms with Crippen molar-refractivity contribution in [2.45, 2.75) is 82.2 Å². The van der Waals surface area contributed by atoms with E-state index in [1.54, 1.807) is 6.92 Å². The average Bonchev–Trinajstić information content (AvgIpc) is 3.82. The average molecular weight is 739 g/mol. The maximum Gasteiger partial charge on any atom is 0.243 e. The predicted molar refractivity (Wildman–Crippen MR) is 181 cm³/mol. The van der Waals surface area contributed by atoms with Gasteiger partial charge in [-0.15, -0.1) is 0 Å². The minimum atomic E-state index is -4.27. The lowest BCUT2D eigenvalue weighted by molar-refractivity contribution is -0.273. The fraction of sp³-hybridized carbons (Fsp3) is 0.618. The van der Waals surface area contributed by atoms with Crippen molar-refractivity contribution in [3.05, 3.63) is 54.1 Å². The van der Waals surface area contributed by atoms with Crippen LogP contribution in [0.15, 0.2) is 53.4 Å². The second kappa shape index (κ2) is 16.1.